The number of carbonyl (C=O) groups excluding carboxylic acids is 1. The maximum atomic E-state index is 12.6. The molecule has 138 valence electrons. The van der Waals surface area contributed by atoms with Gasteiger partial charge in [-0.15, -0.1) is 11.8 Å². The van der Waals surface area contributed by atoms with Crippen LogP contribution in [-0.4, -0.2) is 28.2 Å². The van der Waals surface area contributed by atoms with Crippen molar-refractivity contribution in [2.45, 2.75) is 24.8 Å². The summed E-state index contributed by atoms with van der Waals surface area (Å²) in [5, 5.41) is 9.25. The van der Waals surface area contributed by atoms with E-state index >= 15 is 0 Å². The molecule has 0 saturated heterocycles. The van der Waals surface area contributed by atoms with Gasteiger partial charge in [0.1, 0.15) is 0 Å². The quantitative estimate of drug-likeness (QED) is 0.418. The van der Waals surface area contributed by atoms with Gasteiger partial charge in [0.25, 0.3) is 11.5 Å². The molecular weight excluding hydrogens is 360 g/mol. The van der Waals surface area contributed by atoms with Gasteiger partial charge in [-0.05, 0) is 43.9 Å². The predicted molar refractivity (Wildman–Crippen MR) is 110 cm³/mol. The van der Waals surface area contributed by atoms with Gasteiger partial charge in [0.05, 0.1) is 17.6 Å². The second-order valence-electron chi connectivity index (χ2n) is 6.21. The minimum absolute atomic E-state index is 0.160. The fourth-order valence-electron chi connectivity index (χ4n) is 2.63. The van der Waals surface area contributed by atoms with Crippen LogP contribution in [0, 0.1) is 0 Å². The summed E-state index contributed by atoms with van der Waals surface area (Å²) in [7, 11) is 0. The van der Waals surface area contributed by atoms with E-state index in [-0.39, 0.29) is 17.3 Å². The third-order valence-electron chi connectivity index (χ3n) is 4.03. The molecule has 6 nitrogen and oxygen atoms in total. The van der Waals surface area contributed by atoms with Crippen LogP contribution in [0.2, 0.25) is 0 Å². The summed E-state index contributed by atoms with van der Waals surface area (Å²) in [6.45, 7) is 3.70. The fourth-order valence-corrected chi connectivity index (χ4v) is 3.04. The Morgan fingerprint density at radius 1 is 1.15 bits per heavy atom. The lowest BCUT2D eigenvalue weighted by Gasteiger charge is -2.12. The van der Waals surface area contributed by atoms with E-state index in [4.69, 9.17) is 0 Å². The minimum Gasteiger partial charge on any atom is -0.267 e. The zero-order chi connectivity index (χ0) is 19.4. The van der Waals surface area contributed by atoms with E-state index in [2.05, 4.69) is 15.6 Å². The smallest absolute Gasteiger partial charge is 0.267 e. The van der Waals surface area contributed by atoms with Crippen LogP contribution in [0.3, 0.4) is 0 Å². The Morgan fingerprint density at radius 2 is 1.81 bits per heavy atom. The molecule has 0 atom stereocenters. The van der Waals surface area contributed by atoms with Gasteiger partial charge >= 0.3 is 0 Å². The number of nitrogens with zero attached hydrogens (tertiary/aromatic N) is 3. The van der Waals surface area contributed by atoms with E-state index in [1.54, 1.807) is 42.2 Å². The molecule has 1 N–H and O–H groups in total. The van der Waals surface area contributed by atoms with E-state index in [9.17, 15) is 9.59 Å². The second kappa shape index (κ2) is 8.18. The lowest BCUT2D eigenvalue weighted by molar-refractivity contribution is 0.0949. The van der Waals surface area contributed by atoms with Gasteiger partial charge in [-0.25, -0.2) is 10.1 Å². The largest absolute Gasteiger partial charge is 0.292 e. The lowest BCUT2D eigenvalue weighted by atomic mass is 10.1. The van der Waals surface area contributed by atoms with Gasteiger partial charge in [0, 0.05) is 10.3 Å². The highest BCUT2D eigenvalue weighted by Crippen LogP contribution is 2.15. The molecule has 1 amide bonds. The average Bonchev–Trinajstić information content (AvgIpc) is 2.68. The maximum absolute atomic E-state index is 12.6. The van der Waals surface area contributed by atoms with Crippen molar-refractivity contribution in [3.63, 3.8) is 0 Å². The summed E-state index contributed by atoms with van der Waals surface area (Å²) in [5.41, 5.74) is 3.34. The minimum atomic E-state index is -0.461. The Labute approximate surface area is 161 Å². The van der Waals surface area contributed by atoms with Crippen molar-refractivity contribution >= 4 is 34.7 Å². The molecule has 1 heterocycles. The molecule has 0 aliphatic rings. The molecule has 1 aromatic heterocycles. The van der Waals surface area contributed by atoms with Crippen molar-refractivity contribution in [2.75, 3.05) is 6.26 Å². The first-order valence-electron chi connectivity index (χ1n) is 8.50. The SMILES string of the molecule is CSc1ccc(/C=N\NC(=O)c2nn(C(C)C)c(=O)c3ccccc23)cc1. The highest BCUT2D eigenvalue weighted by molar-refractivity contribution is 7.98. The number of aromatic nitrogens is 2. The number of hydrazone groups is 1. The fraction of sp³-hybridized carbons (Fsp3) is 0.200. The van der Waals surface area contributed by atoms with Crippen molar-refractivity contribution in [2.24, 2.45) is 5.10 Å². The number of benzene rings is 2. The molecule has 0 aliphatic heterocycles. The van der Waals surface area contributed by atoms with E-state index in [1.807, 2.05) is 44.4 Å². The molecule has 27 heavy (non-hydrogen) atoms. The molecule has 7 heteroatoms. The van der Waals surface area contributed by atoms with Crippen molar-refractivity contribution < 1.29 is 4.79 Å². The van der Waals surface area contributed by atoms with Crippen molar-refractivity contribution in [1.82, 2.24) is 15.2 Å². The molecule has 0 radical (unpaired) electrons. The summed E-state index contributed by atoms with van der Waals surface area (Å²) >= 11 is 1.66. The van der Waals surface area contributed by atoms with Gasteiger partial charge in [-0.2, -0.15) is 10.2 Å². The summed E-state index contributed by atoms with van der Waals surface area (Å²) in [6, 6.07) is 14.6. The highest BCUT2D eigenvalue weighted by Gasteiger charge is 2.17. The standard InChI is InChI=1S/C20H20N4O2S/c1-13(2)24-20(26)17-7-5-4-6-16(17)18(23-24)19(25)22-21-12-14-8-10-15(27-3)11-9-14/h4-13H,1-3H3,(H,22,25)/b21-12-. The molecule has 0 spiro atoms. The summed E-state index contributed by atoms with van der Waals surface area (Å²) in [6.07, 6.45) is 3.58. The number of fused-ring (bicyclic) bond motifs is 1. The van der Waals surface area contributed by atoms with Crippen LogP contribution in [0.15, 0.2) is 63.3 Å². The molecular formula is C20H20N4O2S. The van der Waals surface area contributed by atoms with E-state index < -0.39 is 5.91 Å². The van der Waals surface area contributed by atoms with Crippen LogP contribution in [0.1, 0.15) is 35.9 Å². The molecule has 3 aromatic rings. The van der Waals surface area contributed by atoms with Crippen LogP contribution in [-0.2, 0) is 0 Å². The third-order valence-corrected chi connectivity index (χ3v) is 4.77. The van der Waals surface area contributed by atoms with Gasteiger partial charge in [-0.1, -0.05) is 30.3 Å². The van der Waals surface area contributed by atoms with Crippen LogP contribution < -0.4 is 11.0 Å². The van der Waals surface area contributed by atoms with E-state index in [0.717, 1.165) is 10.5 Å². The zero-order valence-corrected chi connectivity index (χ0v) is 16.2. The summed E-state index contributed by atoms with van der Waals surface area (Å²) in [4.78, 5) is 26.3. The Kier molecular flexibility index (Phi) is 5.71. The summed E-state index contributed by atoms with van der Waals surface area (Å²) < 4.78 is 1.32. The molecule has 2 aromatic carbocycles. The molecule has 0 saturated carbocycles. The Morgan fingerprint density at radius 3 is 2.44 bits per heavy atom. The number of carbonyl (C=O) groups is 1. The van der Waals surface area contributed by atoms with Crippen molar-refractivity contribution in [3.8, 4) is 0 Å². The van der Waals surface area contributed by atoms with Crippen LogP contribution >= 0.6 is 11.8 Å². The van der Waals surface area contributed by atoms with E-state index in [0.29, 0.717) is 10.8 Å². The number of nitrogens with one attached hydrogen (secondary N) is 1. The predicted octanol–water partition coefficient (Wildman–Crippen LogP) is 3.46. The normalized spacial score (nSPS) is 11.4. The maximum Gasteiger partial charge on any atom is 0.292 e. The Balaban J connectivity index is 1.89. The monoisotopic (exact) mass is 380 g/mol. The Bertz CT molecular complexity index is 1060. The molecule has 0 unspecified atom stereocenters. The number of hydrogen-bond donors (Lipinski definition) is 1. The third kappa shape index (κ3) is 4.09. The second-order valence-corrected chi connectivity index (χ2v) is 7.09. The first kappa shape index (κ1) is 18.8. The molecule has 0 bridgehead atoms. The first-order valence-corrected chi connectivity index (χ1v) is 9.72. The Hall–Kier alpha value is -2.93. The molecule has 3 rings (SSSR count). The zero-order valence-electron chi connectivity index (χ0n) is 15.3. The topological polar surface area (TPSA) is 76.3 Å². The number of thioether (sulfide) groups is 1. The molecule has 0 fully saturated rings. The molecule has 0 aliphatic carbocycles. The van der Waals surface area contributed by atoms with Gasteiger partial charge < -0.3 is 0 Å². The number of amides is 1. The average molecular weight is 380 g/mol. The lowest BCUT2D eigenvalue weighted by Crippen LogP contribution is -2.30. The van der Waals surface area contributed by atoms with Crippen LogP contribution in [0.25, 0.3) is 10.8 Å². The number of hydrogen-bond acceptors (Lipinski definition) is 5. The number of rotatable bonds is 5. The highest BCUT2D eigenvalue weighted by atomic mass is 32.2. The van der Waals surface area contributed by atoms with Gasteiger partial charge in [0.2, 0.25) is 0 Å². The van der Waals surface area contributed by atoms with Crippen molar-refractivity contribution in [1.29, 1.82) is 0 Å². The van der Waals surface area contributed by atoms with Gasteiger partial charge in [-0.3, -0.25) is 9.59 Å². The first-order chi connectivity index (χ1) is 13.0. The summed E-state index contributed by atoms with van der Waals surface area (Å²) in [5.74, 6) is -0.461. The van der Waals surface area contributed by atoms with Crippen LogP contribution in [0.5, 0.6) is 0 Å². The van der Waals surface area contributed by atoms with Gasteiger partial charge in [0.15, 0.2) is 5.69 Å². The van der Waals surface area contributed by atoms with Crippen LogP contribution in [0.4, 0.5) is 0 Å². The van der Waals surface area contributed by atoms with E-state index in [1.165, 1.54) is 4.68 Å². The van der Waals surface area contributed by atoms with Crippen molar-refractivity contribution in [3.05, 3.63) is 70.1 Å².